The Bertz CT molecular complexity index is 941. The molecule has 0 aliphatic heterocycles. The molecule has 0 spiro atoms. The van der Waals surface area contributed by atoms with Crippen LogP contribution < -0.4 is 14.9 Å². The molecule has 8 heteroatoms. The highest BCUT2D eigenvalue weighted by atomic mass is 16.6. The largest absolute Gasteiger partial charge is 0.493 e. The summed E-state index contributed by atoms with van der Waals surface area (Å²) in [5.41, 5.74) is 5.63. The van der Waals surface area contributed by atoms with Crippen molar-refractivity contribution in [3.63, 3.8) is 0 Å². The molecular weight excluding hydrogens is 386 g/mol. The first-order valence-electron chi connectivity index (χ1n) is 9.73. The number of hydrogen-bond donors (Lipinski definition) is 1. The number of amides is 1. The number of nitro groups is 1. The summed E-state index contributed by atoms with van der Waals surface area (Å²) in [6, 6.07) is 8.87. The van der Waals surface area contributed by atoms with Crippen molar-refractivity contribution in [2.24, 2.45) is 5.10 Å². The lowest BCUT2D eigenvalue weighted by Crippen LogP contribution is -2.16. The predicted molar refractivity (Wildman–Crippen MR) is 115 cm³/mol. The first-order valence-corrected chi connectivity index (χ1v) is 9.73. The lowest BCUT2D eigenvalue weighted by molar-refractivity contribution is -0.386. The van der Waals surface area contributed by atoms with Gasteiger partial charge in [-0.15, -0.1) is 0 Å². The van der Waals surface area contributed by atoms with Gasteiger partial charge in [0.2, 0.25) is 11.7 Å². The van der Waals surface area contributed by atoms with Crippen LogP contribution in [-0.2, 0) is 11.4 Å². The molecule has 2 aromatic rings. The van der Waals surface area contributed by atoms with E-state index >= 15 is 0 Å². The highest BCUT2D eigenvalue weighted by molar-refractivity contribution is 5.85. The molecule has 1 amide bonds. The molecule has 0 aliphatic carbocycles. The van der Waals surface area contributed by atoms with Gasteiger partial charge in [0, 0.05) is 18.1 Å². The number of unbranched alkanes of at least 4 members (excludes halogenated alkanes) is 1. The number of methoxy groups -OCH3 is 1. The first kappa shape index (κ1) is 22.9. The van der Waals surface area contributed by atoms with E-state index in [9.17, 15) is 14.9 Å². The van der Waals surface area contributed by atoms with E-state index in [-0.39, 0.29) is 29.7 Å². The second-order valence-corrected chi connectivity index (χ2v) is 6.94. The lowest BCUT2D eigenvalue weighted by atomic mass is 10.1. The molecular formula is C22H27N3O5. The van der Waals surface area contributed by atoms with E-state index in [1.807, 2.05) is 39.0 Å². The summed E-state index contributed by atoms with van der Waals surface area (Å²) >= 11 is 0. The van der Waals surface area contributed by atoms with Gasteiger partial charge in [0.1, 0.15) is 6.61 Å². The molecule has 0 aliphatic rings. The average molecular weight is 413 g/mol. The molecule has 0 bridgehead atoms. The molecule has 160 valence electrons. The number of carbonyl (C=O) groups excluding carboxylic acids is 1. The van der Waals surface area contributed by atoms with Gasteiger partial charge in [0.05, 0.1) is 18.2 Å². The molecule has 30 heavy (non-hydrogen) atoms. The summed E-state index contributed by atoms with van der Waals surface area (Å²) in [6.45, 7) is 6.09. The highest BCUT2D eigenvalue weighted by Crippen LogP contribution is 2.38. The monoisotopic (exact) mass is 413 g/mol. The summed E-state index contributed by atoms with van der Waals surface area (Å²) < 4.78 is 11.1. The zero-order valence-corrected chi connectivity index (χ0v) is 17.7. The van der Waals surface area contributed by atoms with Gasteiger partial charge in [-0.25, -0.2) is 5.43 Å². The van der Waals surface area contributed by atoms with Crippen molar-refractivity contribution in [3.05, 3.63) is 62.7 Å². The van der Waals surface area contributed by atoms with Crippen LogP contribution in [0.15, 0.2) is 35.4 Å². The first-order chi connectivity index (χ1) is 14.3. The molecule has 0 heterocycles. The number of aryl methyl sites for hydroxylation is 2. The third-order valence-electron chi connectivity index (χ3n) is 4.51. The summed E-state index contributed by atoms with van der Waals surface area (Å²) in [4.78, 5) is 22.7. The summed E-state index contributed by atoms with van der Waals surface area (Å²) in [5, 5.41) is 15.5. The molecule has 0 atom stereocenters. The zero-order valence-electron chi connectivity index (χ0n) is 17.7. The van der Waals surface area contributed by atoms with Crippen molar-refractivity contribution in [1.29, 1.82) is 0 Å². The number of ether oxygens (including phenoxy) is 2. The number of nitrogens with zero attached hydrogens (tertiary/aromatic N) is 2. The summed E-state index contributed by atoms with van der Waals surface area (Å²) in [7, 11) is 1.41. The summed E-state index contributed by atoms with van der Waals surface area (Å²) in [6.07, 6.45) is 3.40. The maximum atomic E-state index is 11.6. The quantitative estimate of drug-likeness (QED) is 0.352. The van der Waals surface area contributed by atoms with E-state index in [4.69, 9.17) is 9.47 Å². The van der Waals surface area contributed by atoms with Crippen LogP contribution >= 0.6 is 0 Å². The van der Waals surface area contributed by atoms with Gasteiger partial charge in [-0.05, 0) is 37.5 Å². The minimum Gasteiger partial charge on any atom is -0.493 e. The van der Waals surface area contributed by atoms with Gasteiger partial charge >= 0.3 is 5.69 Å². The highest BCUT2D eigenvalue weighted by Gasteiger charge is 2.22. The van der Waals surface area contributed by atoms with Crippen LogP contribution in [0.2, 0.25) is 0 Å². The number of nitrogens with one attached hydrogen (secondary N) is 1. The number of rotatable bonds is 10. The number of carbonyl (C=O) groups is 1. The SMILES string of the molecule is CCCCC(=O)N/N=C/c1cc(OC)c(OCc2cc(C)ccc2C)c([N+](=O)[O-])c1. The second-order valence-electron chi connectivity index (χ2n) is 6.94. The molecule has 2 aromatic carbocycles. The Balaban J connectivity index is 2.25. The van der Waals surface area contributed by atoms with Gasteiger partial charge in [-0.3, -0.25) is 14.9 Å². The van der Waals surface area contributed by atoms with E-state index in [0.717, 1.165) is 29.5 Å². The van der Waals surface area contributed by atoms with Crippen molar-refractivity contribution in [3.8, 4) is 11.5 Å². The predicted octanol–water partition coefficient (Wildman–Crippen LogP) is 4.44. The second kappa shape index (κ2) is 10.9. The summed E-state index contributed by atoms with van der Waals surface area (Å²) in [5.74, 6) is 0.0591. The van der Waals surface area contributed by atoms with E-state index in [1.165, 1.54) is 19.4 Å². The van der Waals surface area contributed by atoms with Gasteiger partial charge in [0.15, 0.2) is 5.75 Å². The number of hydrogen-bond acceptors (Lipinski definition) is 6. The fourth-order valence-electron chi connectivity index (χ4n) is 2.79. The molecule has 2 rings (SSSR count). The van der Waals surface area contributed by atoms with Crippen LogP contribution in [0.25, 0.3) is 0 Å². The van der Waals surface area contributed by atoms with Crippen LogP contribution in [-0.4, -0.2) is 24.2 Å². The van der Waals surface area contributed by atoms with E-state index in [2.05, 4.69) is 10.5 Å². The fourth-order valence-corrected chi connectivity index (χ4v) is 2.79. The van der Waals surface area contributed by atoms with Crippen LogP contribution in [0, 0.1) is 24.0 Å². The van der Waals surface area contributed by atoms with Crippen molar-refractivity contribution >= 4 is 17.8 Å². The van der Waals surface area contributed by atoms with Crippen molar-refractivity contribution in [1.82, 2.24) is 5.43 Å². The Kier molecular flexibility index (Phi) is 8.34. The van der Waals surface area contributed by atoms with E-state index in [1.54, 1.807) is 6.07 Å². The van der Waals surface area contributed by atoms with Crippen LogP contribution in [0.5, 0.6) is 11.5 Å². The van der Waals surface area contributed by atoms with E-state index < -0.39 is 4.92 Å². The van der Waals surface area contributed by atoms with Crippen LogP contribution in [0.1, 0.15) is 48.4 Å². The number of nitro benzene ring substituents is 1. The Hall–Kier alpha value is -3.42. The number of hydrazone groups is 1. The topological polar surface area (TPSA) is 103 Å². The molecule has 0 saturated heterocycles. The molecule has 0 unspecified atom stereocenters. The maximum Gasteiger partial charge on any atom is 0.315 e. The van der Waals surface area contributed by atoms with Crippen molar-refractivity contribution in [2.45, 2.75) is 46.6 Å². The minimum atomic E-state index is -0.530. The lowest BCUT2D eigenvalue weighted by Gasteiger charge is -2.13. The maximum absolute atomic E-state index is 11.6. The Morgan fingerprint density at radius 2 is 2.03 bits per heavy atom. The molecule has 0 aromatic heterocycles. The van der Waals surface area contributed by atoms with Crippen molar-refractivity contribution < 1.29 is 19.2 Å². The third kappa shape index (κ3) is 6.30. The van der Waals surface area contributed by atoms with Crippen LogP contribution in [0.4, 0.5) is 5.69 Å². The zero-order chi connectivity index (χ0) is 22.1. The molecule has 8 nitrogen and oxygen atoms in total. The Labute approximate surface area is 176 Å². The molecule has 1 N–H and O–H groups in total. The smallest absolute Gasteiger partial charge is 0.315 e. The van der Waals surface area contributed by atoms with Gasteiger partial charge in [-0.1, -0.05) is 37.1 Å². The molecule has 0 fully saturated rings. The molecule has 0 radical (unpaired) electrons. The Morgan fingerprint density at radius 3 is 2.70 bits per heavy atom. The van der Waals surface area contributed by atoms with Crippen LogP contribution in [0.3, 0.4) is 0 Å². The Morgan fingerprint density at radius 1 is 1.27 bits per heavy atom. The van der Waals surface area contributed by atoms with Gasteiger partial charge in [-0.2, -0.15) is 5.10 Å². The third-order valence-corrected chi connectivity index (χ3v) is 4.51. The normalized spacial score (nSPS) is 10.8. The standard InChI is InChI=1S/C22H27N3O5/c1-5-6-7-21(26)24-23-13-17-11-19(25(27)28)22(20(12-17)29-4)30-14-18-10-15(2)8-9-16(18)3/h8-13H,5-7,14H2,1-4H3,(H,24,26)/b23-13+. The van der Waals surface area contributed by atoms with Gasteiger partial charge in [0.25, 0.3) is 0 Å². The average Bonchev–Trinajstić information content (AvgIpc) is 2.72. The van der Waals surface area contributed by atoms with E-state index in [0.29, 0.717) is 12.0 Å². The molecule has 0 saturated carbocycles. The van der Waals surface area contributed by atoms with Gasteiger partial charge < -0.3 is 9.47 Å². The number of benzene rings is 2. The minimum absolute atomic E-state index is 0.0486. The fraction of sp³-hybridized carbons (Fsp3) is 0.364. The van der Waals surface area contributed by atoms with Crippen molar-refractivity contribution in [2.75, 3.05) is 7.11 Å².